The van der Waals surface area contributed by atoms with Crippen LogP contribution in [0.4, 0.5) is 4.79 Å². The largest absolute Gasteiger partial charge is 0.453 e. The van der Waals surface area contributed by atoms with E-state index in [1.165, 1.54) is 39.6 Å². The zero-order valence-corrected chi connectivity index (χ0v) is 27.2. The molecule has 6 heterocycles. The number of benzene rings is 1. The number of aromatic amines is 2. The maximum Gasteiger partial charge on any atom is 0.407 e. The molecule has 1 aromatic carbocycles. The molecule has 0 aliphatic carbocycles. The van der Waals surface area contributed by atoms with Gasteiger partial charge in [-0.05, 0) is 43.7 Å². The fourth-order valence-corrected chi connectivity index (χ4v) is 8.89. The minimum Gasteiger partial charge on any atom is -0.453 e. The normalized spacial score (nSPS) is 19.1. The fourth-order valence-electron chi connectivity index (χ4n) is 6.44. The predicted octanol–water partition coefficient (Wildman–Crippen LogP) is 6.88. The number of hydrogen-bond acceptors (Lipinski definition) is 8. The molecular weight excluding hydrogens is 607 g/mol. The van der Waals surface area contributed by atoms with E-state index in [-0.39, 0.29) is 17.9 Å². The number of hydrogen-bond donors (Lipinski definition) is 4. The Hall–Kier alpha value is -4.00. The van der Waals surface area contributed by atoms with Crippen molar-refractivity contribution in [3.05, 3.63) is 59.1 Å². The number of rotatable bonds is 8. The molecule has 5 aromatic rings. The minimum absolute atomic E-state index is 0.0776. The average molecular weight is 644 g/mol. The number of ether oxygens (including phenoxy) is 1. The van der Waals surface area contributed by atoms with Gasteiger partial charge in [-0.2, -0.15) is 0 Å². The first-order valence-electron chi connectivity index (χ1n) is 15.5. The quantitative estimate of drug-likeness (QED) is 0.146. The highest BCUT2D eigenvalue weighted by atomic mass is 32.1. The Balaban J connectivity index is 1.07. The number of amides is 2. The molecule has 3 atom stereocenters. The number of methoxy groups -OCH3 is 1. The van der Waals surface area contributed by atoms with Gasteiger partial charge in [0.2, 0.25) is 5.91 Å². The van der Waals surface area contributed by atoms with E-state index in [0.29, 0.717) is 12.6 Å². The molecule has 45 heavy (non-hydrogen) atoms. The van der Waals surface area contributed by atoms with Gasteiger partial charge >= 0.3 is 6.09 Å². The number of fused-ring (bicyclic) bond motifs is 1. The minimum atomic E-state index is -0.658. The number of imidazole rings is 2. The van der Waals surface area contributed by atoms with Crippen molar-refractivity contribution >= 4 is 44.1 Å². The first-order valence-corrected chi connectivity index (χ1v) is 17.3. The summed E-state index contributed by atoms with van der Waals surface area (Å²) in [6.07, 6.45) is 7.27. The van der Waals surface area contributed by atoms with E-state index in [1.807, 2.05) is 31.1 Å². The van der Waals surface area contributed by atoms with E-state index in [9.17, 15) is 9.59 Å². The van der Waals surface area contributed by atoms with Gasteiger partial charge in [-0.3, -0.25) is 4.79 Å². The van der Waals surface area contributed by atoms with Crippen LogP contribution >= 0.6 is 22.7 Å². The number of likely N-dealkylation sites (tertiary alicyclic amines) is 1. The van der Waals surface area contributed by atoms with Crippen LogP contribution in [0.25, 0.3) is 43.0 Å². The second kappa shape index (κ2) is 12.4. The maximum absolute atomic E-state index is 13.5. The molecule has 4 N–H and O–H groups in total. The Morgan fingerprint density at radius 3 is 2.51 bits per heavy atom. The highest BCUT2D eigenvalue weighted by Gasteiger charge is 2.37. The summed E-state index contributed by atoms with van der Waals surface area (Å²) in [5.41, 5.74) is 6.53. The van der Waals surface area contributed by atoms with Gasteiger partial charge in [0, 0.05) is 40.2 Å². The standard InChI is InChI=1S/C33H37N7O3S2/c1-18(2)27(39-33(42)43-3)32(41)40-13-5-7-26(40)31-36-14-24(37-31)20-10-8-19(9-11-20)21-16-44-29-22(17-45-28(21)29)25-15-35-30(38-25)23-6-4-12-34-23/h8-11,14-18,23,26-27,34H,4-7,12-13H2,1-3H3,(H,35,38)(H,36,37)(H,39,42)/t23-,26-,27-/m0/s1. The van der Waals surface area contributed by atoms with E-state index >= 15 is 0 Å². The summed E-state index contributed by atoms with van der Waals surface area (Å²) < 4.78 is 7.32. The van der Waals surface area contributed by atoms with E-state index in [0.717, 1.165) is 54.4 Å². The molecule has 10 nitrogen and oxygen atoms in total. The van der Waals surface area contributed by atoms with Gasteiger partial charge < -0.3 is 30.2 Å². The number of alkyl carbamates (subject to hydrolysis) is 1. The molecule has 0 spiro atoms. The number of thiophene rings is 2. The molecule has 0 unspecified atom stereocenters. The molecule has 0 bridgehead atoms. The van der Waals surface area contributed by atoms with Crippen LogP contribution in [-0.4, -0.2) is 63.1 Å². The maximum atomic E-state index is 13.5. The van der Waals surface area contributed by atoms with Crippen LogP contribution < -0.4 is 10.6 Å². The summed E-state index contributed by atoms with van der Waals surface area (Å²) in [7, 11) is 1.30. The Bertz CT molecular complexity index is 1810. The van der Waals surface area contributed by atoms with Crippen molar-refractivity contribution in [3.63, 3.8) is 0 Å². The van der Waals surface area contributed by atoms with Crippen molar-refractivity contribution in [2.45, 2.75) is 57.7 Å². The van der Waals surface area contributed by atoms with Crippen molar-refractivity contribution in [1.29, 1.82) is 0 Å². The Morgan fingerprint density at radius 1 is 1.02 bits per heavy atom. The molecule has 234 valence electrons. The van der Waals surface area contributed by atoms with Gasteiger partial charge in [-0.25, -0.2) is 14.8 Å². The van der Waals surface area contributed by atoms with Crippen molar-refractivity contribution in [2.24, 2.45) is 5.92 Å². The van der Waals surface area contributed by atoms with E-state index in [2.05, 4.69) is 60.6 Å². The second-order valence-electron chi connectivity index (χ2n) is 12.1. The van der Waals surface area contributed by atoms with Crippen molar-refractivity contribution < 1.29 is 14.3 Å². The number of carbonyl (C=O) groups is 2. The molecule has 4 aromatic heterocycles. The van der Waals surface area contributed by atoms with Crippen molar-refractivity contribution in [2.75, 3.05) is 20.2 Å². The van der Waals surface area contributed by atoms with E-state index < -0.39 is 12.1 Å². The molecule has 7 rings (SSSR count). The van der Waals surface area contributed by atoms with Gasteiger partial charge in [0.25, 0.3) is 0 Å². The molecule has 2 aliphatic heterocycles. The summed E-state index contributed by atoms with van der Waals surface area (Å²) in [6.45, 7) is 5.51. The first-order chi connectivity index (χ1) is 21.9. The molecule has 2 fully saturated rings. The number of aromatic nitrogens is 4. The monoisotopic (exact) mass is 643 g/mol. The van der Waals surface area contributed by atoms with Crippen molar-refractivity contribution in [3.8, 4) is 33.6 Å². The second-order valence-corrected chi connectivity index (χ2v) is 13.8. The molecule has 2 saturated heterocycles. The molecule has 0 saturated carbocycles. The van der Waals surface area contributed by atoms with Crippen molar-refractivity contribution in [1.82, 2.24) is 35.5 Å². The average Bonchev–Trinajstić information content (AvgIpc) is 3.87. The number of nitrogens with one attached hydrogen (secondary N) is 4. The zero-order chi connectivity index (χ0) is 31.1. The molecule has 2 amide bonds. The van der Waals surface area contributed by atoms with Gasteiger partial charge in [0.05, 0.1) is 46.2 Å². The van der Waals surface area contributed by atoms with Gasteiger partial charge in [-0.15, -0.1) is 22.7 Å². The lowest BCUT2D eigenvalue weighted by molar-refractivity contribution is -0.135. The third-order valence-electron chi connectivity index (χ3n) is 8.89. The predicted molar refractivity (Wildman–Crippen MR) is 178 cm³/mol. The van der Waals surface area contributed by atoms with Gasteiger partial charge in [-0.1, -0.05) is 38.1 Å². The summed E-state index contributed by atoms with van der Waals surface area (Å²) in [5, 5.41) is 10.7. The topological polar surface area (TPSA) is 128 Å². The summed E-state index contributed by atoms with van der Waals surface area (Å²) in [6, 6.07) is 8.02. The zero-order valence-electron chi connectivity index (χ0n) is 25.6. The lowest BCUT2D eigenvalue weighted by atomic mass is 10.0. The van der Waals surface area contributed by atoms with Crippen LogP contribution in [0.3, 0.4) is 0 Å². The van der Waals surface area contributed by atoms with Crippen LogP contribution in [0.2, 0.25) is 0 Å². The SMILES string of the molecule is COC(=O)N[C@H](C(=O)N1CCC[C@H]1c1nc(-c2ccc(-c3csc4c(-c5cnc([C@@H]6CCCN6)[nH]5)csc34)cc2)c[nH]1)C(C)C. The molecule has 2 aliphatic rings. The lowest BCUT2D eigenvalue weighted by Gasteiger charge is -2.29. The summed E-state index contributed by atoms with van der Waals surface area (Å²) in [5.74, 6) is 1.60. The third-order valence-corrected chi connectivity index (χ3v) is 11.0. The summed E-state index contributed by atoms with van der Waals surface area (Å²) >= 11 is 3.55. The number of nitrogens with zero attached hydrogens (tertiary/aromatic N) is 3. The fraction of sp³-hybridized carbons (Fsp3) is 0.394. The molecule has 0 radical (unpaired) electrons. The smallest absolute Gasteiger partial charge is 0.407 e. The number of H-pyrrole nitrogens is 2. The Morgan fingerprint density at radius 2 is 1.78 bits per heavy atom. The molecular formula is C33H37N7O3S2. The Kier molecular flexibility index (Phi) is 8.19. The third kappa shape index (κ3) is 5.66. The van der Waals surface area contributed by atoms with Crippen LogP contribution in [-0.2, 0) is 9.53 Å². The van der Waals surface area contributed by atoms with Gasteiger partial charge in [0.15, 0.2) is 0 Å². The van der Waals surface area contributed by atoms with E-state index in [1.54, 1.807) is 22.7 Å². The lowest BCUT2D eigenvalue weighted by Crippen LogP contribution is -2.51. The van der Waals surface area contributed by atoms with Crippen LogP contribution in [0.5, 0.6) is 0 Å². The summed E-state index contributed by atoms with van der Waals surface area (Å²) in [4.78, 5) is 43.7. The van der Waals surface area contributed by atoms with E-state index in [4.69, 9.17) is 9.72 Å². The Labute approximate surface area is 269 Å². The highest BCUT2D eigenvalue weighted by molar-refractivity contribution is 7.27. The molecule has 12 heteroatoms. The van der Waals surface area contributed by atoms with Crippen LogP contribution in [0, 0.1) is 5.92 Å². The van der Waals surface area contributed by atoms with Crippen LogP contribution in [0.1, 0.15) is 63.3 Å². The first kappa shape index (κ1) is 29.7. The number of carbonyl (C=O) groups excluding carboxylic acids is 2. The van der Waals surface area contributed by atoms with Crippen LogP contribution in [0.15, 0.2) is 47.4 Å². The van der Waals surface area contributed by atoms with Gasteiger partial charge in [0.1, 0.15) is 17.7 Å². The highest BCUT2D eigenvalue weighted by Crippen LogP contribution is 2.44.